The maximum absolute atomic E-state index is 7.72. The van der Waals surface area contributed by atoms with Gasteiger partial charge >= 0.3 is 67.3 Å². The van der Waals surface area contributed by atoms with Crippen LogP contribution >= 0.6 is 11.9 Å². The molecule has 0 aromatic carbocycles. The van der Waals surface area contributed by atoms with Crippen molar-refractivity contribution in [3.63, 3.8) is 0 Å². The summed E-state index contributed by atoms with van der Waals surface area (Å²) < 4.78 is 7.72. The largest absolute Gasteiger partial charge is 2.00 e. The van der Waals surface area contributed by atoms with E-state index in [0.717, 1.165) is 0 Å². The van der Waals surface area contributed by atoms with E-state index in [-0.39, 0.29) is 84.3 Å². The quantitative estimate of drug-likeness (QED) is 0.352. The Morgan fingerprint density at radius 3 is 1.20 bits per heavy atom. The first-order chi connectivity index (χ1) is 1.00. The molecule has 0 fully saturated rings. The van der Waals surface area contributed by atoms with E-state index in [1.807, 2.05) is 0 Å². The van der Waals surface area contributed by atoms with E-state index in [9.17, 15) is 0 Å². The van der Waals surface area contributed by atoms with E-state index < -0.39 is 0 Å². The van der Waals surface area contributed by atoms with Crippen LogP contribution in [0.3, 0.4) is 0 Å². The van der Waals surface area contributed by atoms with Gasteiger partial charge in [0.1, 0.15) is 0 Å². The molecule has 0 heterocycles. The van der Waals surface area contributed by atoms with Gasteiger partial charge in [-0.05, 0) is 0 Å². The van der Waals surface area contributed by atoms with Crippen molar-refractivity contribution >= 4 is 49.6 Å². The molecule has 22 valence electrons. The second-order valence-electron chi connectivity index (χ2n) is 0. The normalized spacial score (nSPS) is 1.20. The van der Waals surface area contributed by atoms with Crippen LogP contribution in [-0.4, -0.2) is 37.7 Å². The monoisotopic (exact) mass is 193 g/mol. The minimum Gasteiger partial charge on any atom is -1.00 e. The van der Waals surface area contributed by atoms with Crippen molar-refractivity contribution in [3.8, 4) is 0 Å². The van der Waals surface area contributed by atoms with E-state index in [0.29, 0.717) is 0 Å². The van der Waals surface area contributed by atoms with Crippen molar-refractivity contribution in [3.05, 3.63) is 0 Å². The zero-order valence-corrected chi connectivity index (χ0v) is 9.42. The van der Waals surface area contributed by atoms with E-state index in [2.05, 4.69) is 11.9 Å². The summed E-state index contributed by atoms with van der Waals surface area (Å²) in [6, 6.07) is 0. The standard InChI is InChI=1S/BrH.Ca.ClO.Na/c;;1-2;/h1H;;;/q;+2;-1;+1/p-1. The Kier molecular flexibility index (Phi) is 138. The van der Waals surface area contributed by atoms with Crippen LogP contribution in [0, 0.1) is 0 Å². The molecule has 0 aromatic rings. The molecule has 0 aliphatic heterocycles. The molecule has 0 radical (unpaired) electrons. The Labute approximate surface area is 98.7 Å². The van der Waals surface area contributed by atoms with Gasteiger partial charge in [0.25, 0.3) is 0 Å². The van der Waals surface area contributed by atoms with Crippen LogP contribution in [-0.2, 0) is 0 Å². The molecule has 0 amide bonds. The van der Waals surface area contributed by atoms with Crippen LogP contribution in [0.1, 0.15) is 0 Å². The van der Waals surface area contributed by atoms with Crippen LogP contribution in [0.25, 0.3) is 0 Å². The zero-order chi connectivity index (χ0) is 2.00. The van der Waals surface area contributed by atoms with Crippen molar-refractivity contribution in [2.24, 2.45) is 0 Å². The van der Waals surface area contributed by atoms with Crippen molar-refractivity contribution in [1.82, 2.24) is 0 Å². The van der Waals surface area contributed by atoms with Gasteiger partial charge in [-0.15, -0.1) is 0 Å². The van der Waals surface area contributed by atoms with Crippen LogP contribution in [0.5, 0.6) is 0 Å². The van der Waals surface area contributed by atoms with E-state index in [1.165, 1.54) is 0 Å². The van der Waals surface area contributed by atoms with Gasteiger partial charge in [-0.2, -0.15) is 0 Å². The second-order valence-corrected chi connectivity index (χ2v) is 0. The molecule has 0 bridgehead atoms. The average molecular weight is 194 g/mol. The molecule has 0 aliphatic rings. The van der Waals surface area contributed by atoms with Crippen molar-refractivity contribution < 1.29 is 51.2 Å². The van der Waals surface area contributed by atoms with E-state index in [1.54, 1.807) is 0 Å². The van der Waals surface area contributed by atoms with Gasteiger partial charge in [0.05, 0.1) is 0 Å². The summed E-state index contributed by atoms with van der Waals surface area (Å²) in [6.07, 6.45) is 0. The third-order valence-electron chi connectivity index (χ3n) is 0. The van der Waals surface area contributed by atoms with E-state index in [4.69, 9.17) is 4.66 Å². The maximum Gasteiger partial charge on any atom is 2.00 e. The predicted octanol–water partition coefficient (Wildman–Crippen LogP) is -6.87. The summed E-state index contributed by atoms with van der Waals surface area (Å²) >= 11 is 3.39. The third kappa shape index (κ3) is 19.5. The summed E-state index contributed by atoms with van der Waals surface area (Å²) in [5.41, 5.74) is 0. The molecule has 0 spiro atoms. The molecule has 0 saturated heterocycles. The summed E-state index contributed by atoms with van der Waals surface area (Å²) in [6.45, 7) is 0. The SMILES string of the molecule is [Br-].[Ca+2].[Na+].[O-]Cl. The number of halogens is 2. The molecule has 0 atom stereocenters. The molecule has 5 heavy (non-hydrogen) atoms. The molecule has 0 aromatic heterocycles. The number of hydrogen-bond donors (Lipinski definition) is 0. The first kappa shape index (κ1) is 24.5. The summed E-state index contributed by atoms with van der Waals surface area (Å²) in [4.78, 5) is 0. The molecular formula is BrCaClNaO+. The predicted molar refractivity (Wildman–Crippen MR) is 11.6 cm³/mol. The van der Waals surface area contributed by atoms with Gasteiger partial charge < -0.3 is 21.6 Å². The Morgan fingerprint density at radius 1 is 1.20 bits per heavy atom. The summed E-state index contributed by atoms with van der Waals surface area (Å²) in [5, 5.41) is 0. The number of rotatable bonds is 0. The Bertz CT molecular complexity index is 11.6. The van der Waals surface area contributed by atoms with Gasteiger partial charge in [-0.25, -0.2) is 11.9 Å². The summed E-state index contributed by atoms with van der Waals surface area (Å²) in [5.74, 6) is 0. The van der Waals surface area contributed by atoms with Gasteiger partial charge in [-0.1, -0.05) is 0 Å². The second kappa shape index (κ2) is 28.1. The van der Waals surface area contributed by atoms with Gasteiger partial charge in [0.15, 0.2) is 0 Å². The molecule has 0 saturated carbocycles. The zero-order valence-electron chi connectivity index (χ0n) is 2.87. The van der Waals surface area contributed by atoms with Crippen LogP contribution in [0.15, 0.2) is 0 Å². The Morgan fingerprint density at radius 2 is 1.20 bits per heavy atom. The molecule has 0 N–H and O–H groups in total. The van der Waals surface area contributed by atoms with Crippen molar-refractivity contribution in [2.45, 2.75) is 0 Å². The molecule has 1 nitrogen and oxygen atoms in total. The average Bonchev–Trinajstić information content (AvgIpc) is 1.00. The first-order valence-corrected chi connectivity index (χ1v) is 0.463. The van der Waals surface area contributed by atoms with Crippen LogP contribution in [0.2, 0.25) is 0 Å². The summed E-state index contributed by atoms with van der Waals surface area (Å²) in [7, 11) is 0. The molecule has 0 aliphatic carbocycles. The number of hydrogen-bond acceptors (Lipinski definition) is 1. The van der Waals surface area contributed by atoms with Crippen LogP contribution in [0.4, 0.5) is 0 Å². The Balaban J connectivity index is -0.00000000167. The minimum absolute atomic E-state index is 0. The first-order valence-electron chi connectivity index (χ1n) is 0.154. The third-order valence-corrected chi connectivity index (χ3v) is 0. The van der Waals surface area contributed by atoms with Crippen molar-refractivity contribution in [2.75, 3.05) is 0 Å². The van der Waals surface area contributed by atoms with Gasteiger partial charge in [-0.3, -0.25) is 0 Å². The van der Waals surface area contributed by atoms with Gasteiger partial charge in [0.2, 0.25) is 0 Å². The fourth-order valence-electron chi connectivity index (χ4n) is 0. The molecule has 5 heteroatoms. The Hall–Kier alpha value is 2.99. The smallest absolute Gasteiger partial charge is 1.00 e. The molecular weight excluding hydrogens is 194 g/mol. The minimum atomic E-state index is 0. The maximum atomic E-state index is 7.72. The van der Waals surface area contributed by atoms with Gasteiger partial charge in [0, 0.05) is 0 Å². The van der Waals surface area contributed by atoms with Crippen LogP contribution < -0.4 is 51.2 Å². The molecule has 0 rings (SSSR count). The van der Waals surface area contributed by atoms with Crippen molar-refractivity contribution in [1.29, 1.82) is 0 Å². The molecule has 0 unspecified atom stereocenters. The fraction of sp³-hybridized carbons (Fsp3) is 0. The van der Waals surface area contributed by atoms with E-state index >= 15 is 0 Å². The topological polar surface area (TPSA) is 23.1 Å². The fourth-order valence-corrected chi connectivity index (χ4v) is 0.